The van der Waals surface area contributed by atoms with Gasteiger partial charge in [0.15, 0.2) is 0 Å². The number of rotatable bonds is 7. The highest BCUT2D eigenvalue weighted by Gasteiger charge is 1.92. The molecule has 0 radical (unpaired) electrons. The normalized spacial score (nSPS) is 10.0. The van der Waals surface area contributed by atoms with Gasteiger partial charge in [0.1, 0.15) is 0 Å². The van der Waals surface area contributed by atoms with Crippen molar-refractivity contribution >= 4 is 11.4 Å². The van der Waals surface area contributed by atoms with Crippen molar-refractivity contribution in [1.29, 1.82) is 0 Å². The molecule has 15 heavy (non-hydrogen) atoms. The molecule has 0 aliphatic carbocycles. The molecule has 0 atom stereocenters. The Bertz CT molecular complexity index is 264. The van der Waals surface area contributed by atoms with E-state index >= 15 is 0 Å². The van der Waals surface area contributed by atoms with E-state index in [1.807, 2.05) is 24.3 Å². The molecule has 5 heteroatoms. The van der Waals surface area contributed by atoms with Crippen molar-refractivity contribution in [2.24, 2.45) is 0 Å². The smallest absolute Gasteiger partial charge is 0.0604 e. The second-order valence-electron chi connectivity index (χ2n) is 3.00. The summed E-state index contributed by atoms with van der Waals surface area (Å²) in [5.41, 5.74) is 7.69. The van der Waals surface area contributed by atoms with E-state index in [-0.39, 0.29) is 13.2 Å². The molecular weight excluding hydrogens is 194 g/mol. The van der Waals surface area contributed by atoms with Crippen molar-refractivity contribution in [3.8, 4) is 0 Å². The van der Waals surface area contributed by atoms with E-state index < -0.39 is 0 Å². The Kier molecular flexibility index (Phi) is 5.54. The first-order valence-electron chi connectivity index (χ1n) is 4.91. The third-order valence-corrected chi connectivity index (χ3v) is 1.80. The van der Waals surface area contributed by atoms with E-state index in [4.69, 9.17) is 10.2 Å². The number of aliphatic hydroxyl groups is 2. The summed E-state index contributed by atoms with van der Waals surface area (Å²) >= 11 is 0. The van der Waals surface area contributed by atoms with Crippen LogP contribution in [0.15, 0.2) is 24.3 Å². The molecule has 0 bridgehead atoms. The first-order chi connectivity index (χ1) is 7.36. The van der Waals surface area contributed by atoms with Crippen LogP contribution in [0.25, 0.3) is 0 Å². The van der Waals surface area contributed by atoms with Crippen molar-refractivity contribution in [3.63, 3.8) is 0 Å². The molecule has 0 aliphatic heterocycles. The van der Waals surface area contributed by atoms with E-state index in [2.05, 4.69) is 16.2 Å². The molecule has 84 valence electrons. The fraction of sp³-hybridized carbons (Fsp3) is 0.400. The average molecular weight is 211 g/mol. The van der Waals surface area contributed by atoms with Gasteiger partial charge in [0.05, 0.1) is 13.2 Å². The third-order valence-electron chi connectivity index (χ3n) is 1.80. The minimum absolute atomic E-state index is 0.100. The lowest BCUT2D eigenvalue weighted by Crippen LogP contribution is -2.24. The largest absolute Gasteiger partial charge is 0.395 e. The number of hydrogen-bond donors (Lipinski definition) is 5. The van der Waals surface area contributed by atoms with Crippen molar-refractivity contribution in [2.45, 2.75) is 0 Å². The Morgan fingerprint density at radius 1 is 0.867 bits per heavy atom. The van der Waals surface area contributed by atoms with Crippen LogP contribution < -0.4 is 16.2 Å². The maximum absolute atomic E-state index is 8.62. The number of hydrazine groups is 1. The van der Waals surface area contributed by atoms with Crippen LogP contribution in [-0.2, 0) is 0 Å². The van der Waals surface area contributed by atoms with Crippen molar-refractivity contribution in [3.05, 3.63) is 24.3 Å². The highest BCUT2D eigenvalue weighted by molar-refractivity contribution is 5.53. The molecule has 5 nitrogen and oxygen atoms in total. The van der Waals surface area contributed by atoms with Crippen molar-refractivity contribution in [2.75, 3.05) is 37.0 Å². The second-order valence-corrected chi connectivity index (χ2v) is 3.00. The SMILES string of the molecule is OCCNNc1ccc(NCCO)cc1. The van der Waals surface area contributed by atoms with Crippen molar-refractivity contribution < 1.29 is 10.2 Å². The van der Waals surface area contributed by atoms with Gasteiger partial charge in [-0.05, 0) is 24.3 Å². The summed E-state index contributed by atoms with van der Waals surface area (Å²) in [5, 5.41) is 20.2. The van der Waals surface area contributed by atoms with E-state index in [0.717, 1.165) is 11.4 Å². The monoisotopic (exact) mass is 211 g/mol. The number of anilines is 2. The second kappa shape index (κ2) is 7.05. The number of aliphatic hydroxyl groups excluding tert-OH is 2. The van der Waals surface area contributed by atoms with E-state index in [1.165, 1.54) is 0 Å². The van der Waals surface area contributed by atoms with Gasteiger partial charge in [0, 0.05) is 24.5 Å². The van der Waals surface area contributed by atoms with E-state index in [0.29, 0.717) is 13.1 Å². The van der Waals surface area contributed by atoms with Crippen LogP contribution in [0.2, 0.25) is 0 Å². The first kappa shape index (κ1) is 11.8. The molecule has 1 aromatic carbocycles. The highest BCUT2D eigenvalue weighted by atomic mass is 16.3. The molecule has 0 saturated heterocycles. The van der Waals surface area contributed by atoms with Gasteiger partial charge in [-0.3, -0.25) is 0 Å². The fourth-order valence-electron chi connectivity index (χ4n) is 1.09. The Labute approximate surface area is 89.1 Å². The maximum Gasteiger partial charge on any atom is 0.0604 e. The highest BCUT2D eigenvalue weighted by Crippen LogP contribution is 2.12. The van der Waals surface area contributed by atoms with Crippen LogP contribution in [-0.4, -0.2) is 36.5 Å². The summed E-state index contributed by atoms with van der Waals surface area (Å²) in [5.74, 6) is 0. The lowest BCUT2D eigenvalue weighted by atomic mass is 10.3. The quantitative estimate of drug-likeness (QED) is 0.324. The van der Waals surface area contributed by atoms with Gasteiger partial charge in [0.2, 0.25) is 0 Å². The third kappa shape index (κ3) is 4.64. The molecule has 5 N–H and O–H groups in total. The molecule has 0 saturated carbocycles. The van der Waals surface area contributed by atoms with Crippen LogP contribution >= 0.6 is 0 Å². The Balaban J connectivity index is 2.35. The molecule has 0 amide bonds. The van der Waals surface area contributed by atoms with Crippen LogP contribution in [0.4, 0.5) is 11.4 Å². The molecular formula is C10H17N3O2. The molecule has 0 spiro atoms. The van der Waals surface area contributed by atoms with Crippen LogP contribution in [0.3, 0.4) is 0 Å². The predicted octanol–water partition coefficient (Wildman–Crippen LogP) is -0.000400. The Morgan fingerprint density at radius 2 is 1.47 bits per heavy atom. The molecule has 0 fully saturated rings. The summed E-state index contributed by atoms with van der Waals surface area (Å²) in [6.07, 6.45) is 0. The molecule has 0 unspecified atom stereocenters. The van der Waals surface area contributed by atoms with Gasteiger partial charge in [-0.1, -0.05) is 0 Å². The zero-order valence-corrected chi connectivity index (χ0v) is 8.53. The van der Waals surface area contributed by atoms with Gasteiger partial charge >= 0.3 is 0 Å². The standard InChI is InChI=1S/C10H17N3O2/c14-7-5-11-9-1-3-10(4-2-9)13-12-6-8-15/h1-4,11-15H,5-8H2. The topological polar surface area (TPSA) is 76.5 Å². The Hall–Kier alpha value is -1.30. The summed E-state index contributed by atoms with van der Waals surface area (Å²) in [4.78, 5) is 0. The lowest BCUT2D eigenvalue weighted by molar-refractivity contribution is 0.296. The van der Waals surface area contributed by atoms with Crippen LogP contribution in [0, 0.1) is 0 Å². The molecule has 0 aliphatic rings. The maximum atomic E-state index is 8.62. The minimum atomic E-state index is 0.100. The summed E-state index contributed by atoms with van der Waals surface area (Å²) in [6, 6.07) is 7.64. The van der Waals surface area contributed by atoms with Crippen LogP contribution in [0.1, 0.15) is 0 Å². The number of hydrogen-bond acceptors (Lipinski definition) is 5. The minimum Gasteiger partial charge on any atom is -0.395 e. The van der Waals surface area contributed by atoms with Crippen molar-refractivity contribution in [1.82, 2.24) is 5.43 Å². The number of nitrogens with one attached hydrogen (secondary N) is 3. The molecule has 0 aromatic heterocycles. The molecule has 1 rings (SSSR count). The van der Waals surface area contributed by atoms with Gasteiger partial charge in [-0.25, -0.2) is 5.43 Å². The van der Waals surface area contributed by atoms with Gasteiger partial charge in [-0.15, -0.1) is 0 Å². The first-order valence-corrected chi connectivity index (χ1v) is 4.91. The van der Waals surface area contributed by atoms with Gasteiger partial charge < -0.3 is 21.0 Å². The van der Waals surface area contributed by atoms with E-state index in [1.54, 1.807) is 0 Å². The lowest BCUT2D eigenvalue weighted by Gasteiger charge is -2.08. The number of benzene rings is 1. The summed E-state index contributed by atoms with van der Waals surface area (Å²) in [6.45, 7) is 1.28. The summed E-state index contributed by atoms with van der Waals surface area (Å²) in [7, 11) is 0. The average Bonchev–Trinajstić information content (AvgIpc) is 2.28. The fourth-order valence-corrected chi connectivity index (χ4v) is 1.09. The van der Waals surface area contributed by atoms with Gasteiger partial charge in [-0.2, -0.15) is 0 Å². The van der Waals surface area contributed by atoms with Gasteiger partial charge in [0.25, 0.3) is 0 Å². The Morgan fingerprint density at radius 3 is 2.07 bits per heavy atom. The van der Waals surface area contributed by atoms with Crippen LogP contribution in [0.5, 0.6) is 0 Å². The predicted molar refractivity (Wildman–Crippen MR) is 60.7 cm³/mol. The zero-order chi connectivity index (χ0) is 10.9. The summed E-state index contributed by atoms with van der Waals surface area (Å²) < 4.78 is 0. The van der Waals surface area contributed by atoms with E-state index in [9.17, 15) is 0 Å². The molecule has 0 heterocycles. The molecule has 1 aromatic rings. The zero-order valence-electron chi connectivity index (χ0n) is 8.53.